The molecule has 0 nitrogen and oxygen atoms in total. The van der Waals surface area contributed by atoms with Gasteiger partial charge >= 0.3 is 0 Å². The van der Waals surface area contributed by atoms with Crippen LogP contribution in [0.25, 0.3) is 0 Å². The predicted octanol–water partition coefficient (Wildman–Crippen LogP) is 5.95. The molecule has 15 heavy (non-hydrogen) atoms. The van der Waals surface area contributed by atoms with Gasteiger partial charge in [-0.3, -0.25) is 0 Å². The molecule has 0 aromatic carbocycles. The molecule has 0 amide bonds. The molecule has 0 aromatic rings. The fourth-order valence-electron chi connectivity index (χ4n) is 2.01. The maximum atomic E-state index is 2.38. The molecule has 0 fully saturated rings. The molecule has 0 saturated heterocycles. The Labute approximate surface area is 97.8 Å². The van der Waals surface area contributed by atoms with E-state index in [9.17, 15) is 0 Å². The third-order valence-electron chi connectivity index (χ3n) is 3.50. The maximum absolute atomic E-state index is 2.38. The Hall–Kier alpha value is 0. The average molecular weight is 212 g/mol. The van der Waals surface area contributed by atoms with Crippen molar-refractivity contribution in [2.45, 2.75) is 91.4 Å². The Morgan fingerprint density at radius 2 is 1.13 bits per heavy atom. The van der Waals surface area contributed by atoms with Crippen molar-refractivity contribution in [2.75, 3.05) is 0 Å². The van der Waals surface area contributed by atoms with Gasteiger partial charge in [-0.05, 0) is 5.92 Å². The summed E-state index contributed by atoms with van der Waals surface area (Å²) in [5.41, 5.74) is 0. The van der Waals surface area contributed by atoms with Crippen molar-refractivity contribution in [2.24, 2.45) is 5.92 Å². The minimum Gasteiger partial charge on any atom is -0.0654 e. The summed E-state index contributed by atoms with van der Waals surface area (Å²) in [6, 6.07) is 0. The molecular formula is C15H32. The van der Waals surface area contributed by atoms with Crippen LogP contribution in [0.3, 0.4) is 0 Å². The molecule has 0 spiro atoms. The fraction of sp³-hybridized carbons (Fsp3) is 1.00. The summed E-state index contributed by atoms with van der Waals surface area (Å²) in [7, 11) is 0. The van der Waals surface area contributed by atoms with E-state index in [1.807, 2.05) is 0 Å². The minimum atomic E-state index is 0.953. The largest absolute Gasteiger partial charge is 0.0654 e. The van der Waals surface area contributed by atoms with Crippen LogP contribution in [0.4, 0.5) is 0 Å². The van der Waals surface area contributed by atoms with Crippen LogP contribution in [0.2, 0.25) is 0 Å². The van der Waals surface area contributed by atoms with E-state index in [1.54, 1.807) is 0 Å². The van der Waals surface area contributed by atoms with Crippen molar-refractivity contribution in [1.29, 1.82) is 0 Å². The van der Waals surface area contributed by atoms with Crippen LogP contribution in [0.1, 0.15) is 91.4 Å². The molecule has 0 bridgehead atoms. The van der Waals surface area contributed by atoms with Crippen LogP contribution < -0.4 is 0 Å². The molecule has 0 rings (SSSR count). The zero-order valence-electron chi connectivity index (χ0n) is 11.4. The summed E-state index contributed by atoms with van der Waals surface area (Å²) >= 11 is 0. The highest BCUT2D eigenvalue weighted by Gasteiger charge is 1.97. The lowest BCUT2D eigenvalue weighted by atomic mass is 9.99. The molecule has 0 radical (unpaired) electrons. The summed E-state index contributed by atoms with van der Waals surface area (Å²) in [4.78, 5) is 0. The van der Waals surface area contributed by atoms with Gasteiger partial charge in [0.1, 0.15) is 0 Å². The van der Waals surface area contributed by atoms with Gasteiger partial charge in [0.05, 0.1) is 0 Å². The first-order chi connectivity index (χ1) is 7.31. The SMILES string of the molecule is CCCCCCCCCCC[C@H](C)CC. The maximum Gasteiger partial charge on any atom is -0.0445 e. The van der Waals surface area contributed by atoms with Gasteiger partial charge in [-0.25, -0.2) is 0 Å². The standard InChI is InChI=1S/C15H32/c1-4-6-7-8-9-10-11-12-13-14-15(3)5-2/h15H,4-14H2,1-3H3/t15-/m1/s1. The van der Waals surface area contributed by atoms with Gasteiger partial charge in [-0.1, -0.05) is 91.4 Å². The summed E-state index contributed by atoms with van der Waals surface area (Å²) in [5, 5.41) is 0. The van der Waals surface area contributed by atoms with Gasteiger partial charge in [0.15, 0.2) is 0 Å². The van der Waals surface area contributed by atoms with E-state index in [4.69, 9.17) is 0 Å². The Kier molecular flexibility index (Phi) is 12.1. The van der Waals surface area contributed by atoms with Crippen molar-refractivity contribution in [3.05, 3.63) is 0 Å². The molecule has 0 aliphatic heterocycles. The van der Waals surface area contributed by atoms with Crippen LogP contribution in [0.15, 0.2) is 0 Å². The topological polar surface area (TPSA) is 0 Å². The molecule has 0 saturated carbocycles. The summed E-state index contributed by atoms with van der Waals surface area (Å²) < 4.78 is 0. The van der Waals surface area contributed by atoms with Gasteiger partial charge in [0, 0.05) is 0 Å². The van der Waals surface area contributed by atoms with Gasteiger partial charge in [-0.15, -0.1) is 0 Å². The third-order valence-corrected chi connectivity index (χ3v) is 3.50. The first-order valence-electron chi connectivity index (χ1n) is 7.31. The number of rotatable bonds is 11. The molecule has 0 N–H and O–H groups in total. The van der Waals surface area contributed by atoms with Crippen molar-refractivity contribution >= 4 is 0 Å². The van der Waals surface area contributed by atoms with Crippen LogP contribution in [0, 0.1) is 5.92 Å². The van der Waals surface area contributed by atoms with Gasteiger partial charge in [0.25, 0.3) is 0 Å². The van der Waals surface area contributed by atoms with Gasteiger partial charge < -0.3 is 0 Å². The zero-order valence-corrected chi connectivity index (χ0v) is 11.4. The van der Waals surface area contributed by atoms with Crippen molar-refractivity contribution in [3.8, 4) is 0 Å². The first kappa shape index (κ1) is 15.0. The second kappa shape index (κ2) is 12.1. The Morgan fingerprint density at radius 1 is 0.667 bits per heavy atom. The summed E-state index contributed by atoms with van der Waals surface area (Å²) in [5.74, 6) is 0.953. The quantitative estimate of drug-likeness (QED) is 0.371. The van der Waals surface area contributed by atoms with Crippen molar-refractivity contribution < 1.29 is 0 Å². The highest BCUT2D eigenvalue weighted by molar-refractivity contribution is 4.51. The average Bonchev–Trinajstić information content (AvgIpc) is 2.26. The second-order valence-corrected chi connectivity index (χ2v) is 5.13. The smallest absolute Gasteiger partial charge is 0.0445 e. The van der Waals surface area contributed by atoms with E-state index in [-0.39, 0.29) is 0 Å². The van der Waals surface area contributed by atoms with Crippen molar-refractivity contribution in [1.82, 2.24) is 0 Å². The minimum absolute atomic E-state index is 0.953. The van der Waals surface area contributed by atoms with Crippen LogP contribution in [0.5, 0.6) is 0 Å². The third kappa shape index (κ3) is 11.9. The molecule has 0 aromatic heterocycles. The van der Waals surface area contributed by atoms with E-state index in [2.05, 4.69) is 20.8 Å². The molecule has 0 aliphatic rings. The lowest BCUT2D eigenvalue weighted by Gasteiger charge is -2.07. The highest BCUT2D eigenvalue weighted by atomic mass is 14.0. The molecule has 0 aliphatic carbocycles. The summed E-state index contributed by atoms with van der Waals surface area (Å²) in [6.07, 6.45) is 15.9. The Bertz CT molecular complexity index is 107. The normalized spacial score (nSPS) is 13.0. The highest BCUT2D eigenvalue weighted by Crippen LogP contribution is 2.14. The van der Waals surface area contributed by atoms with Crippen LogP contribution in [-0.4, -0.2) is 0 Å². The molecule has 0 unspecified atom stereocenters. The van der Waals surface area contributed by atoms with Gasteiger partial charge in [0.2, 0.25) is 0 Å². The van der Waals surface area contributed by atoms with Gasteiger partial charge in [-0.2, -0.15) is 0 Å². The lowest BCUT2D eigenvalue weighted by molar-refractivity contribution is 0.469. The molecule has 0 heterocycles. The monoisotopic (exact) mass is 212 g/mol. The molecular weight excluding hydrogens is 180 g/mol. The van der Waals surface area contributed by atoms with Crippen molar-refractivity contribution in [3.63, 3.8) is 0 Å². The number of hydrogen-bond donors (Lipinski definition) is 0. The summed E-state index contributed by atoms with van der Waals surface area (Å²) in [6.45, 7) is 6.97. The molecule has 92 valence electrons. The lowest BCUT2D eigenvalue weighted by Crippen LogP contribution is -1.91. The zero-order chi connectivity index (χ0) is 11.4. The Balaban J connectivity index is 2.92. The first-order valence-corrected chi connectivity index (χ1v) is 7.31. The Morgan fingerprint density at radius 3 is 1.60 bits per heavy atom. The van der Waals surface area contributed by atoms with Crippen LogP contribution in [-0.2, 0) is 0 Å². The second-order valence-electron chi connectivity index (χ2n) is 5.13. The van der Waals surface area contributed by atoms with E-state index >= 15 is 0 Å². The predicted molar refractivity (Wildman–Crippen MR) is 71.3 cm³/mol. The number of hydrogen-bond acceptors (Lipinski definition) is 0. The van der Waals surface area contributed by atoms with E-state index in [0.29, 0.717) is 0 Å². The number of unbranched alkanes of at least 4 members (excludes halogenated alkanes) is 8. The van der Waals surface area contributed by atoms with E-state index < -0.39 is 0 Å². The van der Waals surface area contributed by atoms with Crippen LogP contribution >= 0.6 is 0 Å². The molecule has 1 atom stereocenters. The van der Waals surface area contributed by atoms with E-state index in [0.717, 1.165) is 5.92 Å². The fourth-order valence-corrected chi connectivity index (χ4v) is 2.01. The van der Waals surface area contributed by atoms with E-state index in [1.165, 1.54) is 70.6 Å². The molecule has 0 heteroatoms.